The monoisotopic (exact) mass is 816 g/mol. The molecule has 2 aliphatic rings. The number of nitrogens with zero attached hydrogens (tertiary/aromatic N) is 2. The molecule has 0 bridgehead atoms. The molecule has 0 spiro atoms. The summed E-state index contributed by atoms with van der Waals surface area (Å²) in [5.41, 5.74) is 23.3. The highest BCUT2D eigenvalue weighted by atomic mass is 32.1. The van der Waals surface area contributed by atoms with Crippen LogP contribution in [0, 0.1) is 27.7 Å². The molecule has 0 saturated heterocycles. The lowest BCUT2D eigenvalue weighted by Crippen LogP contribution is -2.61. The van der Waals surface area contributed by atoms with Crippen LogP contribution in [0.4, 0.5) is 34.1 Å². The Bertz CT molecular complexity index is 3060. The molecule has 0 radical (unpaired) electrons. The number of aryl methyl sites for hydroxylation is 4. The number of furan rings is 1. The van der Waals surface area contributed by atoms with Gasteiger partial charge in [0.2, 0.25) is 0 Å². The Morgan fingerprint density at radius 2 is 1.08 bits per heavy atom. The van der Waals surface area contributed by atoms with Crippen LogP contribution < -0.4 is 26.4 Å². The van der Waals surface area contributed by atoms with Crippen molar-refractivity contribution >= 4 is 89.8 Å². The van der Waals surface area contributed by atoms with Crippen molar-refractivity contribution in [2.75, 3.05) is 9.80 Å². The Morgan fingerprint density at radius 1 is 0.508 bits per heavy atom. The van der Waals surface area contributed by atoms with Gasteiger partial charge in [0.25, 0.3) is 6.71 Å². The van der Waals surface area contributed by atoms with E-state index in [1.807, 2.05) is 11.3 Å². The second kappa shape index (κ2) is 13.5. The Morgan fingerprint density at radius 3 is 1.74 bits per heavy atom. The third-order valence-corrected chi connectivity index (χ3v) is 14.4. The molecule has 0 atom stereocenters. The smallest absolute Gasteiger partial charge is 0.297 e. The second-order valence-corrected chi connectivity index (χ2v) is 21.8. The van der Waals surface area contributed by atoms with Gasteiger partial charge in [0.15, 0.2) is 0 Å². The molecule has 306 valence electrons. The molecule has 6 aromatic carbocycles. The van der Waals surface area contributed by atoms with E-state index in [-0.39, 0.29) is 23.0 Å². The topological polar surface area (TPSA) is 19.6 Å². The van der Waals surface area contributed by atoms with E-state index in [1.165, 1.54) is 99.5 Å². The van der Waals surface area contributed by atoms with E-state index in [2.05, 4.69) is 208 Å². The molecule has 2 aliphatic heterocycles. The maximum absolute atomic E-state index is 7.32. The van der Waals surface area contributed by atoms with Gasteiger partial charge in [-0.25, -0.2) is 0 Å². The number of hydrogen-bond acceptors (Lipinski definition) is 4. The van der Waals surface area contributed by atoms with E-state index in [0.717, 1.165) is 22.3 Å². The minimum atomic E-state index is -0.108. The summed E-state index contributed by atoms with van der Waals surface area (Å²) in [6, 6.07) is 39.5. The van der Waals surface area contributed by atoms with Gasteiger partial charge in [-0.3, -0.25) is 0 Å². The fraction of sp³-hybridized carbons (Fsp3) is 0.286. The maximum Gasteiger partial charge on any atom is 0.297 e. The Hall–Kier alpha value is -5.52. The van der Waals surface area contributed by atoms with Crippen LogP contribution in [-0.4, -0.2) is 6.71 Å². The molecule has 10 rings (SSSR count). The molecule has 4 heterocycles. The first-order chi connectivity index (χ1) is 28.8. The molecule has 3 nitrogen and oxygen atoms in total. The summed E-state index contributed by atoms with van der Waals surface area (Å²) < 4.78 is 8.64. The van der Waals surface area contributed by atoms with Gasteiger partial charge in [0.05, 0.1) is 22.7 Å². The average Bonchev–Trinajstić information content (AvgIpc) is 3.79. The summed E-state index contributed by atoms with van der Waals surface area (Å²) in [5.74, 6) is 0. The van der Waals surface area contributed by atoms with Crippen molar-refractivity contribution in [2.24, 2.45) is 0 Å². The Kier molecular flexibility index (Phi) is 8.76. The van der Waals surface area contributed by atoms with Crippen LogP contribution in [0.2, 0.25) is 0 Å². The molecule has 8 aromatic rings. The zero-order valence-electron chi connectivity index (χ0n) is 38.2. The third-order valence-electron chi connectivity index (χ3n) is 13.4. The zero-order valence-corrected chi connectivity index (χ0v) is 39.0. The van der Waals surface area contributed by atoms with Gasteiger partial charge in [0.1, 0.15) is 5.58 Å². The van der Waals surface area contributed by atoms with E-state index in [4.69, 9.17) is 4.42 Å². The van der Waals surface area contributed by atoms with Gasteiger partial charge in [-0.15, -0.1) is 11.3 Å². The maximum atomic E-state index is 7.32. The lowest BCUT2D eigenvalue weighted by atomic mass is 9.35. The number of thiophene rings is 1. The third kappa shape index (κ3) is 6.13. The molecule has 0 unspecified atom stereocenters. The van der Waals surface area contributed by atoms with Crippen molar-refractivity contribution in [1.82, 2.24) is 0 Å². The predicted molar refractivity (Wildman–Crippen MR) is 266 cm³/mol. The van der Waals surface area contributed by atoms with Gasteiger partial charge >= 0.3 is 0 Å². The molecule has 0 fully saturated rings. The van der Waals surface area contributed by atoms with E-state index in [1.54, 1.807) is 0 Å². The summed E-state index contributed by atoms with van der Waals surface area (Å²) in [6.07, 6.45) is 0. The van der Waals surface area contributed by atoms with Crippen LogP contribution in [0.15, 0.2) is 113 Å². The largest absolute Gasteiger partial charge is 0.468 e. The number of benzene rings is 6. The zero-order chi connectivity index (χ0) is 43.1. The average molecular weight is 817 g/mol. The van der Waals surface area contributed by atoms with Crippen LogP contribution in [0.25, 0.3) is 32.2 Å². The molecule has 0 N–H and O–H groups in total. The van der Waals surface area contributed by atoms with Crippen molar-refractivity contribution in [3.05, 3.63) is 147 Å². The standard InChI is InChI=1S/C56H57BN2OS/c1-32-25-36(42-31-61-48-20-15-14-17-40(42)48)26-33(2)50(32)58-44-23-21-38(55(8,9)10)30-43(44)57-49-45(58)18-16-19-46(49)59(51-34(3)27-39(28-35(51)4)56(11,12)13)52-41-29-37(54(5,6)7)22-24-47(41)60-53(52)57/h14-31H,1-13H3. The van der Waals surface area contributed by atoms with Crippen LogP contribution >= 0.6 is 11.3 Å². The summed E-state index contributed by atoms with van der Waals surface area (Å²) in [4.78, 5) is 5.14. The first-order valence-electron chi connectivity index (χ1n) is 22.0. The summed E-state index contributed by atoms with van der Waals surface area (Å²) in [6.45, 7) is 29.9. The molecule has 0 saturated carbocycles. The fourth-order valence-electron chi connectivity index (χ4n) is 10.2. The minimum absolute atomic E-state index is 0.0234. The summed E-state index contributed by atoms with van der Waals surface area (Å²) in [5, 5.41) is 4.80. The van der Waals surface area contributed by atoms with Crippen molar-refractivity contribution in [2.45, 2.75) is 106 Å². The van der Waals surface area contributed by atoms with Gasteiger partial charge in [-0.05, 0) is 153 Å². The van der Waals surface area contributed by atoms with E-state index >= 15 is 0 Å². The number of rotatable bonds is 3. The van der Waals surface area contributed by atoms with Gasteiger partial charge in [-0.2, -0.15) is 0 Å². The lowest BCUT2D eigenvalue weighted by Gasteiger charge is -2.44. The highest BCUT2D eigenvalue weighted by molar-refractivity contribution is 7.17. The van der Waals surface area contributed by atoms with Crippen LogP contribution in [0.1, 0.15) is 101 Å². The summed E-state index contributed by atoms with van der Waals surface area (Å²) in [7, 11) is 0. The van der Waals surface area contributed by atoms with Crippen molar-refractivity contribution < 1.29 is 4.42 Å². The quantitative estimate of drug-likeness (QED) is 0.166. The van der Waals surface area contributed by atoms with Crippen molar-refractivity contribution in [1.29, 1.82) is 0 Å². The van der Waals surface area contributed by atoms with E-state index in [9.17, 15) is 0 Å². The second-order valence-electron chi connectivity index (χ2n) is 20.9. The molecule has 2 aromatic heterocycles. The summed E-state index contributed by atoms with van der Waals surface area (Å²) >= 11 is 1.82. The van der Waals surface area contributed by atoms with Crippen LogP contribution in [-0.2, 0) is 16.2 Å². The Labute approximate surface area is 367 Å². The van der Waals surface area contributed by atoms with Crippen LogP contribution in [0.3, 0.4) is 0 Å². The SMILES string of the molecule is Cc1cc(-c2csc3ccccc23)cc(C)c1N1c2ccc(C(C)(C)C)cc2B2c3oc4ccc(C(C)(C)C)cc4c3N(c3c(C)cc(C(C)(C)C)cc3C)c3cccc1c32. The van der Waals surface area contributed by atoms with Gasteiger partial charge < -0.3 is 14.2 Å². The van der Waals surface area contributed by atoms with Crippen molar-refractivity contribution in [3.63, 3.8) is 0 Å². The van der Waals surface area contributed by atoms with E-state index < -0.39 is 0 Å². The molecular weight excluding hydrogens is 760 g/mol. The van der Waals surface area contributed by atoms with Crippen LogP contribution in [0.5, 0.6) is 0 Å². The number of anilines is 6. The normalized spacial score (nSPS) is 13.9. The minimum Gasteiger partial charge on any atom is -0.468 e. The molecular formula is C56H57BN2OS. The number of fused-ring (bicyclic) bond motifs is 7. The first-order valence-corrected chi connectivity index (χ1v) is 22.8. The van der Waals surface area contributed by atoms with Crippen molar-refractivity contribution in [3.8, 4) is 11.1 Å². The highest BCUT2D eigenvalue weighted by Crippen LogP contribution is 2.50. The highest BCUT2D eigenvalue weighted by Gasteiger charge is 2.47. The van der Waals surface area contributed by atoms with E-state index in [0.29, 0.717) is 0 Å². The first kappa shape index (κ1) is 39.6. The lowest BCUT2D eigenvalue weighted by molar-refractivity contribution is 0.589. The molecule has 0 amide bonds. The fourth-order valence-corrected chi connectivity index (χ4v) is 11.2. The predicted octanol–water partition coefficient (Wildman–Crippen LogP) is 14.5. The molecule has 0 aliphatic carbocycles. The van der Waals surface area contributed by atoms with Gasteiger partial charge in [-0.1, -0.05) is 117 Å². The Balaban J connectivity index is 1.29. The molecule has 5 heteroatoms. The van der Waals surface area contributed by atoms with Gasteiger partial charge in [0, 0.05) is 38.1 Å². The molecule has 61 heavy (non-hydrogen) atoms. The number of hydrogen-bond donors (Lipinski definition) is 0.